The number of benzene rings is 3. The third-order valence-corrected chi connectivity index (χ3v) is 6.66. The van der Waals surface area contributed by atoms with Crippen molar-refractivity contribution in [1.82, 2.24) is 4.57 Å². The molecule has 3 aromatic carbocycles. The average molecular weight is 439 g/mol. The van der Waals surface area contributed by atoms with Crippen molar-refractivity contribution >= 4 is 49.2 Å². The van der Waals surface area contributed by atoms with Crippen molar-refractivity contribution in [2.75, 3.05) is 0 Å². The number of fused-ring (bicyclic) bond motifs is 4. The third kappa shape index (κ3) is 3.24. The molecule has 0 aliphatic rings. The fourth-order valence-electron chi connectivity index (χ4n) is 4.01. The van der Waals surface area contributed by atoms with Crippen LogP contribution in [0, 0.1) is 26.2 Å². The van der Waals surface area contributed by atoms with Gasteiger partial charge in [0.25, 0.3) is 5.91 Å². The third-order valence-electron chi connectivity index (χ3n) is 5.43. The maximum atomic E-state index is 13.1. The summed E-state index contributed by atoms with van der Waals surface area (Å²) in [6.07, 6.45) is 5.58. The van der Waals surface area contributed by atoms with Gasteiger partial charge in [-0.2, -0.15) is 4.99 Å². The van der Waals surface area contributed by atoms with Crippen LogP contribution in [0.15, 0.2) is 68.8 Å². The van der Waals surface area contributed by atoms with E-state index in [1.165, 1.54) is 11.3 Å². The Bertz CT molecular complexity index is 1730. The van der Waals surface area contributed by atoms with E-state index in [4.69, 9.17) is 10.8 Å². The van der Waals surface area contributed by atoms with Gasteiger partial charge in [0.15, 0.2) is 4.80 Å². The summed E-state index contributed by atoms with van der Waals surface area (Å²) in [5.74, 6) is 1.98. The Balaban J connectivity index is 1.74. The van der Waals surface area contributed by atoms with Crippen molar-refractivity contribution in [3.63, 3.8) is 0 Å². The lowest BCUT2D eigenvalue weighted by Crippen LogP contribution is -2.19. The molecule has 6 heteroatoms. The Kier molecular flexibility index (Phi) is 4.76. The highest BCUT2D eigenvalue weighted by Gasteiger charge is 2.16. The quantitative estimate of drug-likeness (QED) is 0.222. The smallest absolute Gasteiger partial charge is 0.349 e. The number of aryl methyl sites for hydroxylation is 2. The van der Waals surface area contributed by atoms with Crippen molar-refractivity contribution in [3.8, 4) is 12.3 Å². The van der Waals surface area contributed by atoms with Crippen LogP contribution >= 0.6 is 11.3 Å². The molecule has 0 aliphatic heterocycles. The molecule has 32 heavy (non-hydrogen) atoms. The van der Waals surface area contributed by atoms with Crippen molar-refractivity contribution in [3.05, 3.63) is 86.5 Å². The van der Waals surface area contributed by atoms with E-state index >= 15 is 0 Å². The van der Waals surface area contributed by atoms with E-state index in [0.717, 1.165) is 32.1 Å². The number of carbonyl (C=O) groups excluding carboxylic acids is 1. The summed E-state index contributed by atoms with van der Waals surface area (Å²) < 4.78 is 8.30. The largest absolute Gasteiger partial charge is 0.422 e. The van der Waals surface area contributed by atoms with Crippen molar-refractivity contribution in [2.45, 2.75) is 20.4 Å². The summed E-state index contributed by atoms with van der Waals surface area (Å²) >= 11 is 1.38. The Morgan fingerprint density at radius 3 is 2.75 bits per heavy atom. The molecule has 0 fully saturated rings. The van der Waals surface area contributed by atoms with Crippen LogP contribution in [0.1, 0.15) is 21.5 Å². The SMILES string of the molecule is C#CCn1c(=NC(=O)c2cc3c(ccc4ccccc43)oc2=O)sc2c(C)cc(C)cc21. The van der Waals surface area contributed by atoms with Crippen LogP contribution in [-0.2, 0) is 6.54 Å². The molecular formula is C26H18N2O3S. The molecule has 1 amide bonds. The molecule has 5 rings (SSSR count). The number of nitrogens with zero attached hydrogens (tertiary/aromatic N) is 2. The number of hydrogen-bond acceptors (Lipinski definition) is 4. The summed E-state index contributed by atoms with van der Waals surface area (Å²) in [6, 6.07) is 17.0. The minimum absolute atomic E-state index is 0.105. The lowest BCUT2D eigenvalue weighted by atomic mass is 10.0. The minimum Gasteiger partial charge on any atom is -0.422 e. The second-order valence-electron chi connectivity index (χ2n) is 7.67. The predicted octanol–water partition coefficient (Wildman–Crippen LogP) is 4.95. The molecule has 0 bridgehead atoms. The van der Waals surface area contributed by atoms with Crippen molar-refractivity contribution < 1.29 is 9.21 Å². The number of aromatic nitrogens is 1. The van der Waals surface area contributed by atoms with E-state index in [2.05, 4.69) is 17.0 Å². The van der Waals surface area contributed by atoms with E-state index < -0.39 is 11.5 Å². The zero-order valence-corrected chi connectivity index (χ0v) is 18.3. The van der Waals surface area contributed by atoms with Gasteiger partial charge in [0, 0.05) is 5.39 Å². The monoisotopic (exact) mass is 438 g/mol. The van der Waals surface area contributed by atoms with Gasteiger partial charge in [-0.3, -0.25) is 4.79 Å². The number of amides is 1. The molecule has 2 heterocycles. The van der Waals surface area contributed by atoms with Gasteiger partial charge in [0.05, 0.1) is 16.8 Å². The number of carbonyl (C=O) groups is 1. The van der Waals surface area contributed by atoms with Gasteiger partial charge in [0.2, 0.25) is 0 Å². The zero-order chi connectivity index (χ0) is 22.4. The molecule has 156 valence electrons. The van der Waals surface area contributed by atoms with E-state index in [1.54, 1.807) is 12.1 Å². The second kappa shape index (κ2) is 7.63. The maximum Gasteiger partial charge on any atom is 0.349 e. The number of terminal acetylenes is 1. The fourth-order valence-corrected chi connectivity index (χ4v) is 5.09. The minimum atomic E-state index is -0.710. The van der Waals surface area contributed by atoms with Gasteiger partial charge >= 0.3 is 5.63 Å². The van der Waals surface area contributed by atoms with Crippen LogP contribution in [-0.4, -0.2) is 10.5 Å². The van der Waals surface area contributed by atoms with E-state index in [-0.39, 0.29) is 12.1 Å². The standard InChI is InChI=1S/C26H18N2O3S/c1-4-11-28-21-13-15(2)12-16(3)23(21)32-26(28)27-24(29)20-14-19-18-8-6-5-7-17(18)9-10-22(19)31-25(20)30/h1,5-10,12-14H,11H2,2-3H3. The van der Waals surface area contributed by atoms with E-state index in [9.17, 15) is 9.59 Å². The average Bonchev–Trinajstić information content (AvgIpc) is 3.10. The zero-order valence-electron chi connectivity index (χ0n) is 17.5. The first-order valence-corrected chi connectivity index (χ1v) is 10.9. The summed E-state index contributed by atoms with van der Waals surface area (Å²) in [7, 11) is 0. The first kappa shape index (κ1) is 20.0. The highest BCUT2D eigenvalue weighted by Crippen LogP contribution is 2.26. The van der Waals surface area contributed by atoms with Gasteiger partial charge in [-0.1, -0.05) is 53.7 Å². The summed E-state index contributed by atoms with van der Waals surface area (Å²) in [4.78, 5) is 30.5. The molecule has 0 aliphatic carbocycles. The Morgan fingerprint density at radius 2 is 1.94 bits per heavy atom. The normalized spacial score (nSPS) is 12.0. The second-order valence-corrected chi connectivity index (χ2v) is 8.65. The van der Waals surface area contributed by atoms with Gasteiger partial charge < -0.3 is 8.98 Å². The number of rotatable bonds is 2. The van der Waals surface area contributed by atoms with Crippen LogP contribution < -0.4 is 10.4 Å². The first-order valence-electron chi connectivity index (χ1n) is 10.0. The molecule has 0 N–H and O–H groups in total. The van der Waals surface area contributed by atoms with Crippen LogP contribution in [0.25, 0.3) is 32.0 Å². The molecule has 0 atom stereocenters. The highest BCUT2D eigenvalue weighted by atomic mass is 32.1. The van der Waals surface area contributed by atoms with Gasteiger partial charge in [0.1, 0.15) is 11.1 Å². The van der Waals surface area contributed by atoms with E-state index in [1.807, 2.05) is 54.8 Å². The summed E-state index contributed by atoms with van der Waals surface area (Å²) in [5, 5.41) is 2.59. The summed E-state index contributed by atoms with van der Waals surface area (Å²) in [6.45, 7) is 4.30. The molecular weight excluding hydrogens is 420 g/mol. The molecule has 0 spiro atoms. The van der Waals surface area contributed by atoms with Crippen molar-refractivity contribution in [2.24, 2.45) is 4.99 Å². The Labute approximate surface area is 187 Å². The molecule has 0 saturated carbocycles. The Hall–Kier alpha value is -3.95. The fraction of sp³-hybridized carbons (Fsp3) is 0.115. The first-order chi connectivity index (χ1) is 15.5. The predicted molar refractivity (Wildman–Crippen MR) is 128 cm³/mol. The van der Waals surface area contributed by atoms with Crippen LogP contribution in [0.4, 0.5) is 0 Å². The van der Waals surface area contributed by atoms with E-state index in [0.29, 0.717) is 15.8 Å². The molecule has 5 aromatic rings. The van der Waals surface area contributed by atoms with Gasteiger partial charge in [-0.25, -0.2) is 4.79 Å². The molecule has 0 unspecified atom stereocenters. The van der Waals surface area contributed by atoms with Crippen LogP contribution in [0.3, 0.4) is 0 Å². The molecule has 0 saturated heterocycles. The van der Waals surface area contributed by atoms with Crippen LogP contribution in [0.5, 0.6) is 0 Å². The van der Waals surface area contributed by atoms with Crippen molar-refractivity contribution in [1.29, 1.82) is 0 Å². The van der Waals surface area contributed by atoms with Crippen LogP contribution in [0.2, 0.25) is 0 Å². The molecule has 5 nitrogen and oxygen atoms in total. The number of hydrogen-bond donors (Lipinski definition) is 0. The number of thiazole rings is 1. The highest BCUT2D eigenvalue weighted by molar-refractivity contribution is 7.16. The topological polar surface area (TPSA) is 64.6 Å². The maximum absolute atomic E-state index is 13.1. The lowest BCUT2D eigenvalue weighted by molar-refractivity contribution is 0.0994. The Morgan fingerprint density at radius 1 is 1.12 bits per heavy atom. The molecule has 2 aromatic heterocycles. The molecule has 0 radical (unpaired) electrons. The van der Waals surface area contributed by atoms with Gasteiger partial charge in [-0.05, 0) is 53.9 Å². The summed E-state index contributed by atoms with van der Waals surface area (Å²) in [5.41, 5.74) is 2.72. The van der Waals surface area contributed by atoms with Gasteiger partial charge in [-0.15, -0.1) is 6.42 Å². The lowest BCUT2D eigenvalue weighted by Gasteiger charge is -2.04.